The maximum absolute atomic E-state index is 12.4. The summed E-state index contributed by atoms with van der Waals surface area (Å²) in [6, 6.07) is 16.1. The summed E-state index contributed by atoms with van der Waals surface area (Å²) in [4.78, 5) is 14.0. The average Bonchev–Trinajstić information content (AvgIpc) is 3.03. The van der Waals surface area contributed by atoms with Crippen LogP contribution in [0.3, 0.4) is 0 Å². The first-order valence-electron chi connectivity index (χ1n) is 9.13. The molecule has 0 saturated carbocycles. The van der Waals surface area contributed by atoms with Crippen LogP contribution < -0.4 is 10.6 Å². The Labute approximate surface area is 159 Å². The summed E-state index contributed by atoms with van der Waals surface area (Å²) in [5.41, 5.74) is 5.21. The molecule has 1 aromatic heterocycles. The lowest BCUT2D eigenvalue weighted by Gasteiger charge is -2.07. The van der Waals surface area contributed by atoms with Crippen molar-refractivity contribution in [3.05, 3.63) is 71.0 Å². The van der Waals surface area contributed by atoms with Gasteiger partial charge in [0.1, 0.15) is 0 Å². The summed E-state index contributed by atoms with van der Waals surface area (Å²) in [6.45, 7) is 7.23. The normalized spacial score (nSPS) is 10.6. The maximum atomic E-state index is 12.4. The number of aryl methyl sites for hydroxylation is 3. The lowest BCUT2D eigenvalue weighted by atomic mass is 10.1. The zero-order chi connectivity index (χ0) is 19.2. The van der Waals surface area contributed by atoms with Gasteiger partial charge >= 0.3 is 0 Å². The molecule has 6 nitrogen and oxygen atoms in total. The van der Waals surface area contributed by atoms with Crippen molar-refractivity contribution in [2.45, 2.75) is 27.2 Å². The fourth-order valence-corrected chi connectivity index (χ4v) is 2.89. The summed E-state index contributed by atoms with van der Waals surface area (Å²) in [7, 11) is 0. The molecule has 1 heterocycles. The summed E-state index contributed by atoms with van der Waals surface area (Å²) >= 11 is 0. The molecule has 0 atom stereocenters. The number of rotatable bonds is 7. The number of hydrogen-bond acceptors (Lipinski definition) is 4. The van der Waals surface area contributed by atoms with Gasteiger partial charge in [0, 0.05) is 18.8 Å². The number of aromatic nitrogens is 3. The summed E-state index contributed by atoms with van der Waals surface area (Å²) in [5.74, 6) is -0.191. The molecule has 0 aliphatic rings. The maximum Gasteiger partial charge on any atom is 0.273 e. The molecule has 3 aromatic rings. The van der Waals surface area contributed by atoms with E-state index in [1.807, 2.05) is 56.3 Å². The first-order chi connectivity index (χ1) is 13.0. The number of anilines is 1. The first kappa shape index (κ1) is 18.6. The Hall–Kier alpha value is -3.15. The van der Waals surface area contributed by atoms with E-state index >= 15 is 0 Å². The van der Waals surface area contributed by atoms with Gasteiger partial charge in [-0.2, -0.15) is 9.90 Å². The van der Waals surface area contributed by atoms with E-state index < -0.39 is 0 Å². The molecule has 0 bridgehead atoms. The van der Waals surface area contributed by atoms with Crippen LogP contribution in [0.15, 0.2) is 48.5 Å². The number of hydrogen-bond donors (Lipinski definition) is 2. The van der Waals surface area contributed by atoms with Crippen LogP contribution in [-0.2, 0) is 0 Å². The van der Waals surface area contributed by atoms with E-state index in [-0.39, 0.29) is 5.91 Å². The first-order valence-corrected chi connectivity index (χ1v) is 9.13. The molecule has 2 N–H and O–H groups in total. The molecule has 1 amide bonds. The Bertz CT molecular complexity index is 918. The van der Waals surface area contributed by atoms with Gasteiger partial charge in [-0.3, -0.25) is 4.79 Å². The monoisotopic (exact) mass is 363 g/mol. The van der Waals surface area contributed by atoms with Crippen LogP contribution >= 0.6 is 0 Å². The average molecular weight is 363 g/mol. The van der Waals surface area contributed by atoms with E-state index in [0.29, 0.717) is 17.9 Å². The van der Waals surface area contributed by atoms with Crippen LogP contribution in [0.1, 0.15) is 33.7 Å². The zero-order valence-electron chi connectivity index (χ0n) is 16.0. The van der Waals surface area contributed by atoms with Crippen molar-refractivity contribution >= 4 is 11.6 Å². The minimum Gasteiger partial charge on any atom is -0.385 e. The highest BCUT2D eigenvalue weighted by Crippen LogP contribution is 2.15. The molecular formula is C21H25N5O. The smallest absolute Gasteiger partial charge is 0.273 e. The molecule has 27 heavy (non-hydrogen) atoms. The van der Waals surface area contributed by atoms with Crippen LogP contribution in [0.4, 0.5) is 5.69 Å². The highest BCUT2D eigenvalue weighted by atomic mass is 16.2. The lowest BCUT2D eigenvalue weighted by molar-refractivity contribution is 0.0947. The molecule has 0 spiro atoms. The molecule has 0 radical (unpaired) electrons. The third-order valence-electron chi connectivity index (χ3n) is 4.31. The van der Waals surface area contributed by atoms with Crippen molar-refractivity contribution in [1.82, 2.24) is 20.3 Å². The SMILES string of the molecule is Cc1ccc(-n2nc(C)c(C(=O)NCCCNc3ccccc3)n2)c(C)c1. The Morgan fingerprint density at radius 1 is 1.00 bits per heavy atom. The number of para-hydroxylation sites is 1. The molecule has 3 rings (SSSR count). The lowest BCUT2D eigenvalue weighted by Crippen LogP contribution is -2.27. The van der Waals surface area contributed by atoms with Crippen molar-refractivity contribution in [1.29, 1.82) is 0 Å². The molecule has 0 unspecified atom stereocenters. The minimum absolute atomic E-state index is 0.191. The van der Waals surface area contributed by atoms with Crippen LogP contribution in [-0.4, -0.2) is 34.0 Å². The van der Waals surface area contributed by atoms with Crippen LogP contribution in [0.25, 0.3) is 5.69 Å². The van der Waals surface area contributed by atoms with Gasteiger partial charge in [0.15, 0.2) is 5.69 Å². The van der Waals surface area contributed by atoms with Gasteiger partial charge in [-0.25, -0.2) is 0 Å². The van der Waals surface area contributed by atoms with Crippen molar-refractivity contribution in [2.75, 3.05) is 18.4 Å². The molecule has 140 valence electrons. The quantitative estimate of drug-likeness (QED) is 0.631. The van der Waals surface area contributed by atoms with Crippen molar-refractivity contribution in [2.24, 2.45) is 0 Å². The fourth-order valence-electron chi connectivity index (χ4n) is 2.89. The Morgan fingerprint density at radius 3 is 2.52 bits per heavy atom. The van der Waals surface area contributed by atoms with Crippen molar-refractivity contribution < 1.29 is 4.79 Å². The van der Waals surface area contributed by atoms with E-state index in [9.17, 15) is 4.79 Å². The van der Waals surface area contributed by atoms with E-state index in [4.69, 9.17) is 0 Å². The van der Waals surface area contributed by atoms with E-state index in [1.54, 1.807) is 6.92 Å². The van der Waals surface area contributed by atoms with E-state index in [2.05, 4.69) is 26.9 Å². The highest BCUT2D eigenvalue weighted by molar-refractivity contribution is 5.93. The topological polar surface area (TPSA) is 71.8 Å². The van der Waals surface area contributed by atoms with Crippen molar-refractivity contribution in [3.63, 3.8) is 0 Å². The predicted molar refractivity (Wildman–Crippen MR) is 107 cm³/mol. The minimum atomic E-state index is -0.191. The van der Waals surface area contributed by atoms with Gasteiger partial charge in [0.05, 0.1) is 11.4 Å². The Morgan fingerprint density at radius 2 is 1.78 bits per heavy atom. The van der Waals surface area contributed by atoms with Gasteiger partial charge in [0.2, 0.25) is 0 Å². The standard InChI is InChI=1S/C21H25N5O/c1-15-10-11-19(16(2)14-15)26-24-17(3)20(25-26)21(27)23-13-7-12-22-18-8-5-4-6-9-18/h4-6,8-11,14,22H,7,12-13H2,1-3H3,(H,23,27). The molecule has 0 aliphatic heterocycles. The second-order valence-corrected chi connectivity index (χ2v) is 6.62. The van der Waals surface area contributed by atoms with Gasteiger partial charge < -0.3 is 10.6 Å². The van der Waals surface area contributed by atoms with Gasteiger partial charge in [-0.15, -0.1) is 5.10 Å². The molecule has 0 saturated heterocycles. The summed E-state index contributed by atoms with van der Waals surface area (Å²) in [6.07, 6.45) is 0.824. The van der Waals surface area contributed by atoms with E-state index in [0.717, 1.165) is 29.9 Å². The predicted octanol–water partition coefficient (Wildman–Crippen LogP) is 3.42. The Balaban J connectivity index is 1.55. The second kappa shape index (κ2) is 8.49. The van der Waals surface area contributed by atoms with E-state index in [1.165, 1.54) is 10.4 Å². The van der Waals surface area contributed by atoms with Gasteiger partial charge in [-0.1, -0.05) is 35.9 Å². The fraction of sp³-hybridized carbons (Fsp3) is 0.286. The van der Waals surface area contributed by atoms with Gasteiger partial charge in [0.25, 0.3) is 5.91 Å². The zero-order valence-corrected chi connectivity index (χ0v) is 16.0. The van der Waals surface area contributed by atoms with Crippen molar-refractivity contribution in [3.8, 4) is 5.69 Å². The summed E-state index contributed by atoms with van der Waals surface area (Å²) < 4.78 is 0. The van der Waals surface area contributed by atoms with Crippen LogP contribution in [0.2, 0.25) is 0 Å². The number of carbonyl (C=O) groups excluding carboxylic acids is 1. The third-order valence-corrected chi connectivity index (χ3v) is 4.31. The third kappa shape index (κ3) is 4.73. The Kier molecular flexibility index (Phi) is 5.86. The van der Waals surface area contributed by atoms with Gasteiger partial charge in [-0.05, 0) is 51.0 Å². The number of amides is 1. The second-order valence-electron chi connectivity index (χ2n) is 6.62. The largest absolute Gasteiger partial charge is 0.385 e. The van der Waals surface area contributed by atoms with Crippen LogP contribution in [0, 0.1) is 20.8 Å². The van der Waals surface area contributed by atoms with Crippen LogP contribution in [0.5, 0.6) is 0 Å². The molecule has 2 aromatic carbocycles. The molecular weight excluding hydrogens is 338 g/mol. The number of nitrogens with zero attached hydrogens (tertiary/aromatic N) is 3. The number of benzene rings is 2. The number of nitrogens with one attached hydrogen (secondary N) is 2. The summed E-state index contributed by atoms with van der Waals surface area (Å²) in [5, 5.41) is 15.0. The molecule has 0 fully saturated rings. The molecule has 0 aliphatic carbocycles. The molecule has 6 heteroatoms. The highest BCUT2D eigenvalue weighted by Gasteiger charge is 2.16. The number of carbonyl (C=O) groups is 1.